The number of aliphatic hydroxyl groups excluding tert-OH is 1. The van der Waals surface area contributed by atoms with Crippen LogP contribution >= 0.6 is 0 Å². The van der Waals surface area contributed by atoms with E-state index in [0.29, 0.717) is 18.7 Å². The Labute approximate surface area is 145 Å². The number of aromatic hydroxyl groups is 1. The molecular formula is C16H17N3O5S. The van der Waals surface area contributed by atoms with Crippen LogP contribution in [0.2, 0.25) is 0 Å². The number of pyridine rings is 1. The van der Waals surface area contributed by atoms with Gasteiger partial charge in [0.25, 0.3) is 0 Å². The molecule has 2 aromatic rings. The smallest absolute Gasteiger partial charge is 0.330 e. The number of benzene rings is 1. The van der Waals surface area contributed by atoms with Gasteiger partial charge in [0.2, 0.25) is 11.8 Å². The molecule has 8 nitrogen and oxygen atoms in total. The minimum atomic E-state index is -3.93. The molecule has 0 aliphatic carbocycles. The first-order chi connectivity index (χ1) is 11.9. The van der Waals surface area contributed by atoms with Gasteiger partial charge in [0.1, 0.15) is 11.4 Å². The van der Waals surface area contributed by atoms with Crippen molar-refractivity contribution < 1.29 is 23.4 Å². The van der Waals surface area contributed by atoms with Crippen LogP contribution in [0.5, 0.6) is 11.6 Å². The number of rotatable bonds is 5. The molecule has 1 aliphatic heterocycles. The summed E-state index contributed by atoms with van der Waals surface area (Å²) in [5, 5.41) is 19.5. The average Bonchev–Trinajstić information content (AvgIpc) is 2.85. The highest BCUT2D eigenvalue weighted by atomic mass is 32.2. The first-order valence-electron chi connectivity index (χ1n) is 7.44. The van der Waals surface area contributed by atoms with E-state index < -0.39 is 16.1 Å². The third-order valence-electron chi connectivity index (χ3n) is 3.67. The highest BCUT2D eigenvalue weighted by Crippen LogP contribution is 2.32. The van der Waals surface area contributed by atoms with Gasteiger partial charge >= 0.3 is 10.2 Å². The molecule has 0 spiro atoms. The first-order valence-corrected chi connectivity index (χ1v) is 8.88. The second-order valence-electron chi connectivity index (χ2n) is 5.41. The summed E-state index contributed by atoms with van der Waals surface area (Å²) in [6.07, 6.45) is 2.24. The monoisotopic (exact) mass is 363 g/mol. The van der Waals surface area contributed by atoms with E-state index in [2.05, 4.69) is 4.98 Å². The van der Waals surface area contributed by atoms with Crippen molar-refractivity contribution in [2.24, 2.45) is 0 Å². The number of nitrogens with zero attached hydrogens (tertiary/aromatic N) is 2. The summed E-state index contributed by atoms with van der Waals surface area (Å²) < 4.78 is 31.5. The fraction of sp³-hybridized carbons (Fsp3) is 0.188. The molecule has 0 unspecified atom stereocenters. The molecule has 1 aromatic carbocycles. The zero-order valence-electron chi connectivity index (χ0n) is 13.4. The second kappa shape index (κ2) is 6.52. The number of ether oxygens (including phenoxy) is 1. The molecule has 0 fully saturated rings. The molecule has 3 N–H and O–H groups in total. The lowest BCUT2D eigenvalue weighted by atomic mass is 10.1. The van der Waals surface area contributed by atoms with E-state index >= 15 is 0 Å². The Balaban J connectivity index is 1.76. The quantitative estimate of drug-likeness (QED) is 0.744. The lowest BCUT2D eigenvalue weighted by Gasteiger charge is -2.16. The Morgan fingerprint density at radius 2 is 2.00 bits per heavy atom. The Kier molecular flexibility index (Phi) is 4.41. The number of methoxy groups -OCH3 is 1. The van der Waals surface area contributed by atoms with Crippen molar-refractivity contribution in [1.82, 2.24) is 9.71 Å². The number of anilines is 1. The van der Waals surface area contributed by atoms with Gasteiger partial charge in [0.15, 0.2) is 0 Å². The Morgan fingerprint density at radius 1 is 1.20 bits per heavy atom. The average molecular weight is 363 g/mol. The van der Waals surface area contributed by atoms with Crippen molar-refractivity contribution in [2.75, 3.05) is 11.4 Å². The van der Waals surface area contributed by atoms with Crippen molar-refractivity contribution in [3.8, 4) is 11.6 Å². The van der Waals surface area contributed by atoms with E-state index in [1.165, 1.54) is 12.1 Å². The Bertz CT molecular complexity index is 927. The number of hydrogen-bond acceptors (Lipinski definition) is 6. The van der Waals surface area contributed by atoms with Gasteiger partial charge < -0.3 is 14.9 Å². The number of aryl methyl sites for hydroxylation is 2. The third-order valence-corrected chi connectivity index (χ3v) is 4.96. The number of aromatic nitrogens is 1. The molecule has 0 amide bonds. The van der Waals surface area contributed by atoms with Gasteiger partial charge in [-0.1, -0.05) is 12.1 Å². The van der Waals surface area contributed by atoms with Gasteiger partial charge in [-0.25, -0.2) is 14.0 Å². The standard InChI is InChI=1S/C16H17N3O5S/c1-24-16-4-2-3-12(17-16)7-5-11-6-8-13(14(20)9-11)19-10-15(21)18-25(19,22)23/h2-4,6,8-10,18,20-21H,5,7H2,1H3. The molecular weight excluding hydrogens is 346 g/mol. The number of phenolic OH excluding ortho intramolecular Hbond substituents is 1. The zero-order valence-corrected chi connectivity index (χ0v) is 14.2. The summed E-state index contributed by atoms with van der Waals surface area (Å²) in [6, 6.07) is 10.2. The minimum Gasteiger partial charge on any atom is -0.506 e. The lowest BCUT2D eigenvalue weighted by Crippen LogP contribution is -2.29. The molecule has 25 heavy (non-hydrogen) atoms. The van der Waals surface area contributed by atoms with Crippen LogP contribution in [0.15, 0.2) is 48.5 Å². The summed E-state index contributed by atoms with van der Waals surface area (Å²) in [5.74, 6) is -0.172. The maximum absolute atomic E-state index is 11.9. The van der Waals surface area contributed by atoms with E-state index in [0.717, 1.165) is 21.8 Å². The number of phenols is 1. The molecule has 9 heteroatoms. The highest BCUT2D eigenvalue weighted by Gasteiger charge is 2.30. The Hall–Kier alpha value is -2.94. The van der Waals surface area contributed by atoms with Crippen molar-refractivity contribution in [1.29, 1.82) is 0 Å². The molecule has 0 radical (unpaired) electrons. The fourth-order valence-corrected chi connectivity index (χ4v) is 3.55. The summed E-state index contributed by atoms with van der Waals surface area (Å²) in [4.78, 5) is 4.32. The zero-order chi connectivity index (χ0) is 18.0. The number of hydrogen-bond donors (Lipinski definition) is 3. The molecule has 0 saturated carbocycles. The predicted molar refractivity (Wildman–Crippen MR) is 91.6 cm³/mol. The van der Waals surface area contributed by atoms with E-state index in [1.807, 2.05) is 16.9 Å². The summed E-state index contributed by atoms with van der Waals surface area (Å²) in [6.45, 7) is 0. The number of nitrogens with one attached hydrogen (secondary N) is 1. The molecule has 132 valence electrons. The molecule has 3 rings (SSSR count). The van der Waals surface area contributed by atoms with E-state index in [4.69, 9.17) is 4.74 Å². The molecule has 0 saturated heterocycles. The van der Waals surface area contributed by atoms with Crippen LogP contribution in [0.1, 0.15) is 11.3 Å². The van der Waals surface area contributed by atoms with E-state index in [9.17, 15) is 18.6 Å². The minimum absolute atomic E-state index is 0.0554. The third kappa shape index (κ3) is 3.61. The maximum atomic E-state index is 11.9. The van der Waals surface area contributed by atoms with Crippen LogP contribution in [0.3, 0.4) is 0 Å². The van der Waals surface area contributed by atoms with Crippen LogP contribution in [-0.2, 0) is 23.1 Å². The van der Waals surface area contributed by atoms with Gasteiger partial charge in [-0.2, -0.15) is 8.42 Å². The van der Waals surface area contributed by atoms with E-state index in [1.54, 1.807) is 19.2 Å². The van der Waals surface area contributed by atoms with Crippen LogP contribution in [0.25, 0.3) is 0 Å². The molecule has 1 aromatic heterocycles. The summed E-state index contributed by atoms with van der Waals surface area (Å²) >= 11 is 0. The van der Waals surface area contributed by atoms with Crippen LogP contribution in [0.4, 0.5) is 5.69 Å². The lowest BCUT2D eigenvalue weighted by molar-refractivity contribution is 0.392. The van der Waals surface area contributed by atoms with Crippen molar-refractivity contribution in [2.45, 2.75) is 12.8 Å². The SMILES string of the molecule is COc1cccc(CCc2ccc(N3C=C(O)NS3(=O)=O)c(O)c2)n1. The Morgan fingerprint density at radius 3 is 2.64 bits per heavy atom. The van der Waals surface area contributed by atoms with Gasteiger partial charge in [0.05, 0.1) is 13.3 Å². The second-order valence-corrected chi connectivity index (χ2v) is 6.96. The molecule has 2 heterocycles. The molecule has 0 bridgehead atoms. The molecule has 1 aliphatic rings. The normalized spacial score (nSPS) is 15.6. The fourth-order valence-electron chi connectivity index (χ4n) is 2.48. The molecule has 0 atom stereocenters. The predicted octanol–water partition coefficient (Wildman–Crippen LogP) is 1.59. The first kappa shape index (κ1) is 16.9. The van der Waals surface area contributed by atoms with Gasteiger partial charge in [-0.15, -0.1) is 0 Å². The van der Waals surface area contributed by atoms with Crippen molar-refractivity contribution in [3.63, 3.8) is 0 Å². The van der Waals surface area contributed by atoms with Gasteiger partial charge in [-0.05, 0) is 36.6 Å². The van der Waals surface area contributed by atoms with Crippen LogP contribution in [0, 0.1) is 0 Å². The van der Waals surface area contributed by atoms with Gasteiger partial charge in [-0.3, -0.25) is 0 Å². The van der Waals surface area contributed by atoms with E-state index in [-0.39, 0.29) is 11.4 Å². The van der Waals surface area contributed by atoms with Crippen molar-refractivity contribution >= 4 is 15.9 Å². The number of aliphatic hydroxyl groups is 1. The summed E-state index contributed by atoms with van der Waals surface area (Å²) in [7, 11) is -2.38. The highest BCUT2D eigenvalue weighted by molar-refractivity contribution is 7.91. The van der Waals surface area contributed by atoms with Gasteiger partial charge in [0, 0.05) is 11.8 Å². The largest absolute Gasteiger partial charge is 0.506 e. The topological polar surface area (TPSA) is 112 Å². The maximum Gasteiger partial charge on any atom is 0.330 e. The van der Waals surface area contributed by atoms with Crippen molar-refractivity contribution in [3.05, 3.63) is 59.7 Å². The summed E-state index contributed by atoms with van der Waals surface area (Å²) in [5.41, 5.74) is 1.73. The van der Waals surface area contributed by atoms with Crippen LogP contribution < -0.4 is 13.8 Å². The van der Waals surface area contributed by atoms with Crippen LogP contribution in [-0.4, -0.2) is 30.7 Å².